The van der Waals surface area contributed by atoms with Crippen molar-refractivity contribution in [2.45, 2.75) is 0 Å². The summed E-state index contributed by atoms with van der Waals surface area (Å²) >= 11 is 6.11. The molecule has 0 bridgehead atoms. The number of aromatic nitrogens is 1. The van der Waals surface area contributed by atoms with E-state index >= 15 is 0 Å². The second-order valence-corrected chi connectivity index (χ2v) is 4.62. The van der Waals surface area contributed by atoms with Crippen LogP contribution >= 0.6 is 11.6 Å². The predicted octanol–water partition coefficient (Wildman–Crippen LogP) is 3.12. The number of hydrogen-bond donors (Lipinski definition) is 1. The third kappa shape index (κ3) is 4.26. The molecule has 2 rings (SSSR count). The van der Waals surface area contributed by atoms with Gasteiger partial charge in [0.1, 0.15) is 18.0 Å². The van der Waals surface area contributed by atoms with Crippen molar-refractivity contribution in [2.75, 3.05) is 26.1 Å². The molecule has 6 nitrogen and oxygen atoms in total. The van der Waals surface area contributed by atoms with Gasteiger partial charge in [-0.25, -0.2) is 4.98 Å². The van der Waals surface area contributed by atoms with E-state index in [1.165, 1.54) is 7.11 Å². The first-order valence-corrected chi connectivity index (χ1v) is 6.78. The van der Waals surface area contributed by atoms with Crippen LogP contribution in [0.3, 0.4) is 0 Å². The summed E-state index contributed by atoms with van der Waals surface area (Å²) < 4.78 is 15.3. The first kappa shape index (κ1) is 15.9. The number of pyridine rings is 1. The third-order valence-corrected chi connectivity index (χ3v) is 3.05. The zero-order chi connectivity index (χ0) is 15.9. The molecule has 0 aliphatic rings. The summed E-state index contributed by atoms with van der Waals surface area (Å²) in [6.07, 6.45) is 1.56. The lowest BCUT2D eigenvalue weighted by atomic mass is 10.3. The summed E-state index contributed by atoms with van der Waals surface area (Å²) in [7, 11) is 2.89. The molecule has 0 spiro atoms. The van der Waals surface area contributed by atoms with Gasteiger partial charge in [0.15, 0.2) is 0 Å². The summed E-state index contributed by atoms with van der Waals surface area (Å²) in [6.45, 7) is 0.0588. The van der Waals surface area contributed by atoms with Gasteiger partial charge in [-0.05, 0) is 18.2 Å². The smallest absolute Gasteiger partial charge is 0.325 e. The number of anilines is 1. The highest BCUT2D eigenvalue weighted by molar-refractivity contribution is 6.32. The molecule has 2 aromatic rings. The molecule has 0 aliphatic carbocycles. The molecule has 0 radical (unpaired) electrons. The molecule has 1 aromatic carbocycles. The lowest BCUT2D eigenvalue weighted by molar-refractivity contribution is -0.138. The molecule has 0 saturated heterocycles. The number of halogens is 1. The lowest BCUT2D eigenvalue weighted by Crippen LogP contribution is -2.14. The molecule has 1 aromatic heterocycles. The number of nitrogens with zero attached hydrogens (tertiary/aromatic N) is 1. The van der Waals surface area contributed by atoms with E-state index in [4.69, 9.17) is 21.1 Å². The van der Waals surface area contributed by atoms with Gasteiger partial charge >= 0.3 is 5.97 Å². The molecule has 0 atom stereocenters. The molecule has 7 heteroatoms. The van der Waals surface area contributed by atoms with E-state index in [1.54, 1.807) is 43.6 Å². The minimum Gasteiger partial charge on any atom is -0.497 e. The number of rotatable bonds is 6. The van der Waals surface area contributed by atoms with Crippen molar-refractivity contribution in [3.8, 4) is 17.4 Å². The molecule has 22 heavy (non-hydrogen) atoms. The molecule has 0 amide bonds. The van der Waals surface area contributed by atoms with Crippen molar-refractivity contribution >= 4 is 23.3 Å². The summed E-state index contributed by atoms with van der Waals surface area (Å²) in [5.74, 6) is 1.08. The number of methoxy groups -OCH3 is 2. The van der Waals surface area contributed by atoms with E-state index in [2.05, 4.69) is 15.0 Å². The van der Waals surface area contributed by atoms with E-state index in [0.29, 0.717) is 28.1 Å². The van der Waals surface area contributed by atoms with Gasteiger partial charge < -0.3 is 19.5 Å². The van der Waals surface area contributed by atoms with Crippen LogP contribution in [0.15, 0.2) is 36.5 Å². The Bertz CT molecular complexity index is 664. The average Bonchev–Trinajstić information content (AvgIpc) is 2.54. The van der Waals surface area contributed by atoms with Crippen molar-refractivity contribution in [3.63, 3.8) is 0 Å². The zero-order valence-electron chi connectivity index (χ0n) is 12.1. The Kier molecular flexibility index (Phi) is 5.43. The highest BCUT2D eigenvalue weighted by atomic mass is 35.5. The number of ether oxygens (including phenoxy) is 3. The summed E-state index contributed by atoms with van der Waals surface area (Å²) in [4.78, 5) is 15.2. The normalized spacial score (nSPS) is 9.95. The number of nitrogens with one attached hydrogen (secondary N) is 1. The minimum atomic E-state index is -0.363. The molecule has 116 valence electrons. The maximum Gasteiger partial charge on any atom is 0.325 e. The van der Waals surface area contributed by atoms with Crippen LogP contribution in [0.25, 0.3) is 0 Å². The van der Waals surface area contributed by atoms with E-state index in [0.717, 1.165) is 0 Å². The molecule has 0 aliphatic heterocycles. The van der Waals surface area contributed by atoms with Gasteiger partial charge in [0, 0.05) is 24.0 Å². The lowest BCUT2D eigenvalue weighted by Gasteiger charge is -2.10. The van der Waals surface area contributed by atoms with Crippen molar-refractivity contribution < 1.29 is 19.0 Å². The topological polar surface area (TPSA) is 69.7 Å². The van der Waals surface area contributed by atoms with Gasteiger partial charge in [-0.3, -0.25) is 4.79 Å². The fourth-order valence-electron chi connectivity index (χ4n) is 1.63. The van der Waals surface area contributed by atoms with Gasteiger partial charge in [0.2, 0.25) is 5.88 Å². The number of esters is 1. The van der Waals surface area contributed by atoms with Crippen LogP contribution in [0.2, 0.25) is 5.02 Å². The van der Waals surface area contributed by atoms with E-state index in [1.807, 2.05) is 0 Å². The van der Waals surface area contributed by atoms with Gasteiger partial charge in [-0.1, -0.05) is 11.6 Å². The Morgan fingerprint density at radius 3 is 2.77 bits per heavy atom. The Labute approximate surface area is 133 Å². The summed E-state index contributed by atoms with van der Waals surface area (Å²) in [5, 5.41) is 3.32. The highest BCUT2D eigenvalue weighted by Crippen LogP contribution is 2.32. The number of benzene rings is 1. The van der Waals surface area contributed by atoms with Crippen LogP contribution < -0.4 is 14.8 Å². The van der Waals surface area contributed by atoms with Crippen LogP contribution in [0.5, 0.6) is 17.4 Å². The third-order valence-electron chi connectivity index (χ3n) is 2.75. The van der Waals surface area contributed by atoms with Crippen LogP contribution in [0, 0.1) is 0 Å². The fourth-order valence-corrected chi connectivity index (χ4v) is 1.83. The molecular formula is C15H15ClN2O4. The molecule has 0 fully saturated rings. The van der Waals surface area contributed by atoms with Crippen LogP contribution in [0.4, 0.5) is 5.69 Å². The van der Waals surface area contributed by atoms with Gasteiger partial charge in [0.05, 0.1) is 19.2 Å². The minimum absolute atomic E-state index is 0.0588. The average molecular weight is 323 g/mol. The summed E-state index contributed by atoms with van der Waals surface area (Å²) in [6, 6.07) is 8.45. The van der Waals surface area contributed by atoms with Gasteiger partial charge in [-0.2, -0.15) is 0 Å². The predicted molar refractivity (Wildman–Crippen MR) is 82.8 cm³/mol. The Morgan fingerprint density at radius 1 is 1.27 bits per heavy atom. The maximum absolute atomic E-state index is 11.1. The molecular weight excluding hydrogens is 308 g/mol. The first-order chi connectivity index (χ1) is 10.6. The maximum atomic E-state index is 11.1. The second kappa shape index (κ2) is 7.51. The van der Waals surface area contributed by atoms with Gasteiger partial charge in [0.25, 0.3) is 0 Å². The molecule has 1 N–H and O–H groups in total. The number of hydrogen-bond acceptors (Lipinski definition) is 6. The first-order valence-electron chi connectivity index (χ1n) is 6.40. The zero-order valence-corrected chi connectivity index (χ0v) is 12.9. The molecule has 0 unspecified atom stereocenters. The quantitative estimate of drug-likeness (QED) is 0.824. The van der Waals surface area contributed by atoms with Crippen molar-refractivity contribution in [3.05, 3.63) is 41.6 Å². The second-order valence-electron chi connectivity index (χ2n) is 4.21. The molecule has 0 saturated carbocycles. The standard InChI is InChI=1S/C15H15ClN2O4/c1-20-11-3-4-13(12(16)8-11)22-14-7-10(5-6-17-14)18-9-15(19)21-2/h3-8H,9H2,1-2H3,(H,17,18). The number of carbonyl (C=O) groups is 1. The van der Waals surface area contributed by atoms with E-state index in [-0.39, 0.29) is 12.5 Å². The van der Waals surface area contributed by atoms with Gasteiger partial charge in [-0.15, -0.1) is 0 Å². The molecule has 1 heterocycles. The van der Waals surface area contributed by atoms with Crippen LogP contribution in [-0.4, -0.2) is 31.7 Å². The monoisotopic (exact) mass is 322 g/mol. The largest absolute Gasteiger partial charge is 0.497 e. The highest BCUT2D eigenvalue weighted by Gasteiger charge is 2.07. The SMILES string of the molecule is COC(=O)CNc1ccnc(Oc2ccc(OC)cc2Cl)c1. The van der Waals surface area contributed by atoms with E-state index < -0.39 is 0 Å². The van der Waals surface area contributed by atoms with Crippen LogP contribution in [0.1, 0.15) is 0 Å². The van der Waals surface area contributed by atoms with Crippen LogP contribution in [-0.2, 0) is 9.53 Å². The Balaban J connectivity index is 2.08. The van der Waals surface area contributed by atoms with Crippen molar-refractivity contribution in [2.24, 2.45) is 0 Å². The van der Waals surface area contributed by atoms with Crippen molar-refractivity contribution in [1.29, 1.82) is 0 Å². The van der Waals surface area contributed by atoms with E-state index in [9.17, 15) is 4.79 Å². The summed E-state index contributed by atoms with van der Waals surface area (Å²) in [5.41, 5.74) is 0.681. The Hall–Kier alpha value is -2.47. The van der Waals surface area contributed by atoms with Crippen molar-refractivity contribution in [1.82, 2.24) is 4.98 Å². The number of carbonyl (C=O) groups excluding carboxylic acids is 1. The fraction of sp³-hybridized carbons (Fsp3) is 0.200. The Morgan fingerprint density at radius 2 is 2.09 bits per heavy atom.